The van der Waals surface area contributed by atoms with Crippen molar-refractivity contribution >= 4 is 11.8 Å². The molecule has 0 aliphatic carbocycles. The van der Waals surface area contributed by atoms with E-state index in [4.69, 9.17) is 0 Å². The number of phenols is 2. The monoisotopic (exact) mass is 290 g/mol. The highest BCUT2D eigenvalue weighted by molar-refractivity contribution is 5.97. The average Bonchev–Trinajstić information content (AvgIpc) is 2.83. The van der Waals surface area contributed by atoms with Crippen LogP contribution in [0.5, 0.6) is 11.5 Å². The van der Waals surface area contributed by atoms with Gasteiger partial charge in [-0.05, 0) is 30.4 Å². The smallest absolute Gasteiger partial charge is 0.257 e. The number of carbonyl (C=O) groups is 2. The number of nitrogens with zero attached hydrogens (tertiary/aromatic N) is 1. The second-order valence-electron chi connectivity index (χ2n) is 5.92. The molecule has 0 radical (unpaired) electrons. The maximum Gasteiger partial charge on any atom is 0.257 e. The minimum Gasteiger partial charge on any atom is -0.504 e. The van der Waals surface area contributed by atoms with Gasteiger partial charge in [0.15, 0.2) is 11.5 Å². The molecular formula is C15H18N2O4. The SMILES string of the molecule is O=C1CC2(CCN(C(=O)c3cccc(O)c3O)CC2)CN1. The van der Waals surface area contributed by atoms with Crippen LogP contribution in [-0.4, -0.2) is 46.6 Å². The number of nitrogens with one attached hydrogen (secondary N) is 1. The molecule has 0 saturated carbocycles. The maximum absolute atomic E-state index is 12.4. The van der Waals surface area contributed by atoms with E-state index in [2.05, 4.69) is 5.32 Å². The molecular weight excluding hydrogens is 272 g/mol. The Morgan fingerprint density at radius 3 is 2.57 bits per heavy atom. The fourth-order valence-corrected chi connectivity index (χ4v) is 3.16. The Hall–Kier alpha value is -2.24. The summed E-state index contributed by atoms with van der Waals surface area (Å²) in [5.74, 6) is -0.864. The quantitative estimate of drug-likeness (QED) is 0.669. The zero-order chi connectivity index (χ0) is 15.0. The van der Waals surface area contributed by atoms with Gasteiger partial charge in [-0.3, -0.25) is 9.59 Å². The van der Waals surface area contributed by atoms with E-state index in [9.17, 15) is 19.8 Å². The van der Waals surface area contributed by atoms with Crippen LogP contribution in [0, 0.1) is 5.41 Å². The van der Waals surface area contributed by atoms with Crippen molar-refractivity contribution in [2.24, 2.45) is 5.41 Å². The van der Waals surface area contributed by atoms with Crippen LogP contribution in [0.25, 0.3) is 0 Å². The van der Waals surface area contributed by atoms with Crippen molar-refractivity contribution in [3.05, 3.63) is 23.8 Å². The number of amides is 2. The van der Waals surface area contributed by atoms with Crippen molar-refractivity contribution in [2.75, 3.05) is 19.6 Å². The molecule has 0 unspecified atom stereocenters. The molecule has 6 nitrogen and oxygen atoms in total. The summed E-state index contributed by atoms with van der Waals surface area (Å²) in [6.45, 7) is 1.80. The number of piperidine rings is 1. The van der Waals surface area contributed by atoms with Gasteiger partial charge in [0, 0.05) is 26.1 Å². The summed E-state index contributed by atoms with van der Waals surface area (Å²) < 4.78 is 0. The highest BCUT2D eigenvalue weighted by Gasteiger charge is 2.41. The topological polar surface area (TPSA) is 89.9 Å². The normalized spacial score (nSPS) is 20.6. The predicted octanol–water partition coefficient (Wildman–Crippen LogP) is 0.840. The van der Waals surface area contributed by atoms with Crippen molar-refractivity contribution in [3.63, 3.8) is 0 Å². The summed E-state index contributed by atoms with van der Waals surface area (Å²) in [7, 11) is 0. The van der Waals surface area contributed by atoms with Crippen LogP contribution < -0.4 is 5.32 Å². The molecule has 1 aromatic rings. The fraction of sp³-hybridized carbons (Fsp3) is 0.467. The summed E-state index contributed by atoms with van der Waals surface area (Å²) in [6, 6.07) is 4.38. The molecule has 3 rings (SSSR count). The Morgan fingerprint density at radius 1 is 1.24 bits per heavy atom. The summed E-state index contributed by atoms with van der Waals surface area (Å²) in [5, 5.41) is 22.1. The van der Waals surface area contributed by atoms with Gasteiger partial charge in [0.25, 0.3) is 5.91 Å². The number of likely N-dealkylation sites (tertiary alicyclic amines) is 1. The van der Waals surface area contributed by atoms with Crippen molar-refractivity contribution < 1.29 is 19.8 Å². The minimum atomic E-state index is -0.375. The van der Waals surface area contributed by atoms with Crippen LogP contribution in [0.2, 0.25) is 0 Å². The molecule has 0 atom stereocenters. The molecule has 2 aliphatic rings. The van der Waals surface area contributed by atoms with E-state index in [-0.39, 0.29) is 34.3 Å². The molecule has 1 spiro atoms. The lowest BCUT2D eigenvalue weighted by Gasteiger charge is -2.38. The van der Waals surface area contributed by atoms with E-state index in [1.807, 2.05) is 0 Å². The number of rotatable bonds is 1. The molecule has 3 N–H and O–H groups in total. The number of hydrogen-bond acceptors (Lipinski definition) is 4. The molecule has 1 aromatic carbocycles. The number of carbonyl (C=O) groups excluding carboxylic acids is 2. The minimum absolute atomic E-state index is 0.0191. The maximum atomic E-state index is 12.4. The van der Waals surface area contributed by atoms with Gasteiger partial charge in [0.1, 0.15) is 0 Å². The average molecular weight is 290 g/mol. The Labute approximate surface area is 122 Å². The molecule has 0 bridgehead atoms. The number of hydrogen-bond donors (Lipinski definition) is 3. The van der Waals surface area contributed by atoms with E-state index in [0.717, 1.165) is 12.8 Å². The van der Waals surface area contributed by atoms with Crippen LogP contribution in [0.1, 0.15) is 29.6 Å². The lowest BCUT2D eigenvalue weighted by molar-refractivity contribution is -0.119. The summed E-state index contributed by atoms with van der Waals surface area (Å²) in [6.07, 6.45) is 2.08. The van der Waals surface area contributed by atoms with Crippen LogP contribution in [-0.2, 0) is 4.79 Å². The molecule has 2 amide bonds. The van der Waals surface area contributed by atoms with Crippen molar-refractivity contribution in [3.8, 4) is 11.5 Å². The van der Waals surface area contributed by atoms with Crippen molar-refractivity contribution in [1.82, 2.24) is 10.2 Å². The van der Waals surface area contributed by atoms with Gasteiger partial charge < -0.3 is 20.4 Å². The zero-order valence-electron chi connectivity index (χ0n) is 11.6. The van der Waals surface area contributed by atoms with E-state index in [0.29, 0.717) is 26.1 Å². The first-order valence-corrected chi connectivity index (χ1v) is 7.08. The molecule has 0 aromatic heterocycles. The van der Waals surface area contributed by atoms with Crippen molar-refractivity contribution in [1.29, 1.82) is 0 Å². The number of phenolic OH excluding ortho intramolecular Hbond substituents is 2. The molecule has 2 aliphatic heterocycles. The lowest BCUT2D eigenvalue weighted by Crippen LogP contribution is -2.44. The van der Waals surface area contributed by atoms with Crippen LogP contribution in [0.15, 0.2) is 18.2 Å². The van der Waals surface area contributed by atoms with E-state index < -0.39 is 0 Å². The van der Waals surface area contributed by atoms with Gasteiger partial charge in [-0.2, -0.15) is 0 Å². The van der Waals surface area contributed by atoms with Crippen molar-refractivity contribution in [2.45, 2.75) is 19.3 Å². The van der Waals surface area contributed by atoms with E-state index >= 15 is 0 Å². The predicted molar refractivity (Wildman–Crippen MR) is 75.0 cm³/mol. The third kappa shape index (κ3) is 2.41. The summed E-state index contributed by atoms with van der Waals surface area (Å²) >= 11 is 0. The third-order valence-electron chi connectivity index (χ3n) is 4.55. The number of benzene rings is 1. The first-order valence-electron chi connectivity index (χ1n) is 7.08. The largest absolute Gasteiger partial charge is 0.504 e. The molecule has 2 saturated heterocycles. The highest BCUT2D eigenvalue weighted by atomic mass is 16.3. The van der Waals surface area contributed by atoms with E-state index in [1.165, 1.54) is 18.2 Å². The Kier molecular flexibility index (Phi) is 3.23. The van der Waals surface area contributed by atoms with Crippen LogP contribution in [0.3, 0.4) is 0 Å². The van der Waals surface area contributed by atoms with Gasteiger partial charge in [-0.25, -0.2) is 0 Å². The molecule has 6 heteroatoms. The molecule has 21 heavy (non-hydrogen) atoms. The Balaban J connectivity index is 1.71. The Morgan fingerprint density at radius 2 is 1.95 bits per heavy atom. The molecule has 2 fully saturated rings. The summed E-state index contributed by atoms with van der Waals surface area (Å²) in [5.41, 5.74) is 0.0981. The van der Waals surface area contributed by atoms with Gasteiger partial charge in [-0.1, -0.05) is 6.07 Å². The highest BCUT2D eigenvalue weighted by Crippen LogP contribution is 2.38. The molecule has 2 heterocycles. The summed E-state index contributed by atoms with van der Waals surface area (Å²) in [4.78, 5) is 25.5. The lowest BCUT2D eigenvalue weighted by atomic mass is 9.77. The second-order valence-corrected chi connectivity index (χ2v) is 5.92. The number of aromatic hydroxyl groups is 2. The first kappa shape index (κ1) is 13.7. The third-order valence-corrected chi connectivity index (χ3v) is 4.55. The standard InChI is InChI=1S/C15H18N2O4/c18-11-3-1-2-10(13(11)20)14(21)17-6-4-15(5-7-17)8-12(19)16-9-15/h1-3,18,20H,4-9H2,(H,16,19). The van der Waals surface area contributed by atoms with Gasteiger partial charge in [0.05, 0.1) is 5.56 Å². The van der Waals surface area contributed by atoms with E-state index in [1.54, 1.807) is 4.90 Å². The van der Waals surface area contributed by atoms with Crippen LogP contribution in [0.4, 0.5) is 0 Å². The first-order chi connectivity index (χ1) is 10.0. The zero-order valence-corrected chi connectivity index (χ0v) is 11.6. The van der Waals surface area contributed by atoms with Gasteiger partial charge in [0.2, 0.25) is 5.91 Å². The fourth-order valence-electron chi connectivity index (χ4n) is 3.16. The molecule has 112 valence electrons. The van der Waals surface area contributed by atoms with Gasteiger partial charge in [-0.15, -0.1) is 0 Å². The second kappa shape index (κ2) is 4.95. The van der Waals surface area contributed by atoms with Crippen LogP contribution >= 0.6 is 0 Å². The number of para-hydroxylation sites is 1. The Bertz CT molecular complexity index is 591. The van der Waals surface area contributed by atoms with Gasteiger partial charge >= 0.3 is 0 Å².